The number of rotatable bonds is 7. The molecule has 170 valence electrons. The number of nitrogens with zero attached hydrogens (tertiary/aromatic N) is 2. The monoisotopic (exact) mass is 481 g/mol. The number of amides is 2. The summed E-state index contributed by atoms with van der Waals surface area (Å²) < 4.78 is 27.2. The molecule has 0 spiro atoms. The number of sulfonamides is 1. The summed E-state index contributed by atoms with van der Waals surface area (Å²) in [6.07, 6.45) is 0.0889. The van der Waals surface area contributed by atoms with Crippen LogP contribution in [-0.4, -0.2) is 39.6 Å². The number of para-hydroxylation sites is 2. The molecule has 0 aromatic heterocycles. The average Bonchev–Trinajstić information content (AvgIpc) is 2.83. The Bertz CT molecular complexity index is 1280. The van der Waals surface area contributed by atoms with E-state index in [0.717, 1.165) is 10.6 Å². The molecule has 0 aliphatic carbocycles. The highest BCUT2D eigenvalue weighted by Crippen LogP contribution is 2.35. The number of benzene rings is 3. The highest BCUT2D eigenvalue weighted by atomic mass is 32.2. The topological polar surface area (TPSA) is 86.8 Å². The molecule has 3 aromatic rings. The maximum Gasteiger partial charge on any atom is 0.264 e. The van der Waals surface area contributed by atoms with E-state index in [1.807, 2.05) is 30.3 Å². The molecule has 0 unspecified atom stereocenters. The average molecular weight is 482 g/mol. The van der Waals surface area contributed by atoms with Crippen LogP contribution in [0.2, 0.25) is 0 Å². The molecule has 0 atom stereocenters. The third-order valence-corrected chi connectivity index (χ3v) is 8.10. The number of hydrogen-bond acceptors (Lipinski definition) is 5. The minimum atomic E-state index is -3.79. The molecular weight excluding hydrogens is 458 g/mol. The molecule has 2 amide bonds. The summed E-state index contributed by atoms with van der Waals surface area (Å²) in [7, 11) is -2.31. The van der Waals surface area contributed by atoms with Crippen molar-refractivity contribution in [3.05, 3.63) is 78.9 Å². The number of thioether (sulfide) groups is 1. The molecule has 33 heavy (non-hydrogen) atoms. The van der Waals surface area contributed by atoms with Crippen molar-refractivity contribution in [2.45, 2.75) is 16.2 Å². The first-order valence-corrected chi connectivity index (χ1v) is 12.7. The fraction of sp³-hybridized carbons (Fsp3) is 0.167. The Kier molecular flexibility index (Phi) is 6.71. The number of hydrogen-bond donors (Lipinski definition) is 1. The van der Waals surface area contributed by atoms with Crippen molar-refractivity contribution in [1.82, 2.24) is 0 Å². The van der Waals surface area contributed by atoms with Crippen molar-refractivity contribution in [3.63, 3.8) is 0 Å². The number of carbonyl (C=O) groups is 2. The van der Waals surface area contributed by atoms with Crippen molar-refractivity contribution in [2.24, 2.45) is 0 Å². The summed E-state index contributed by atoms with van der Waals surface area (Å²) in [5.74, 6) is 0.000937. The van der Waals surface area contributed by atoms with E-state index in [1.165, 1.54) is 35.2 Å². The molecule has 0 saturated carbocycles. The van der Waals surface area contributed by atoms with Gasteiger partial charge >= 0.3 is 0 Å². The maximum atomic E-state index is 13.0. The van der Waals surface area contributed by atoms with Crippen LogP contribution < -0.4 is 14.5 Å². The van der Waals surface area contributed by atoms with Crippen LogP contribution in [0.1, 0.15) is 6.42 Å². The Labute approximate surface area is 197 Å². The van der Waals surface area contributed by atoms with Gasteiger partial charge in [0.05, 0.1) is 22.0 Å². The van der Waals surface area contributed by atoms with Crippen LogP contribution in [0, 0.1) is 0 Å². The lowest BCUT2D eigenvalue weighted by atomic mass is 10.2. The van der Waals surface area contributed by atoms with E-state index >= 15 is 0 Å². The van der Waals surface area contributed by atoms with Gasteiger partial charge in [0.15, 0.2) is 0 Å². The molecule has 1 aliphatic rings. The fourth-order valence-corrected chi connectivity index (χ4v) is 5.68. The lowest BCUT2D eigenvalue weighted by Crippen LogP contribution is -2.37. The van der Waals surface area contributed by atoms with Crippen LogP contribution in [-0.2, 0) is 19.6 Å². The Morgan fingerprint density at radius 2 is 1.76 bits per heavy atom. The first-order chi connectivity index (χ1) is 15.9. The van der Waals surface area contributed by atoms with Crippen molar-refractivity contribution in [3.8, 4) is 0 Å². The number of anilines is 3. The smallest absolute Gasteiger partial charge is 0.264 e. The minimum Gasteiger partial charge on any atom is -0.326 e. The molecule has 0 saturated heterocycles. The predicted octanol–water partition coefficient (Wildman–Crippen LogP) is 3.98. The summed E-state index contributed by atoms with van der Waals surface area (Å²) >= 11 is 1.49. The first-order valence-electron chi connectivity index (χ1n) is 10.3. The van der Waals surface area contributed by atoms with Gasteiger partial charge in [0.25, 0.3) is 10.0 Å². The van der Waals surface area contributed by atoms with Crippen LogP contribution >= 0.6 is 11.8 Å². The van der Waals surface area contributed by atoms with Gasteiger partial charge in [-0.25, -0.2) is 8.42 Å². The second kappa shape index (κ2) is 9.68. The van der Waals surface area contributed by atoms with Gasteiger partial charge in [-0.2, -0.15) is 0 Å². The zero-order valence-electron chi connectivity index (χ0n) is 18.0. The number of nitrogens with one attached hydrogen (secondary N) is 1. The van der Waals surface area contributed by atoms with Crippen molar-refractivity contribution >= 4 is 50.7 Å². The molecule has 7 nitrogen and oxygen atoms in total. The largest absolute Gasteiger partial charge is 0.326 e. The van der Waals surface area contributed by atoms with Gasteiger partial charge in [-0.05, 0) is 42.5 Å². The molecule has 1 N–H and O–H groups in total. The van der Waals surface area contributed by atoms with Crippen molar-refractivity contribution < 1.29 is 18.0 Å². The first kappa shape index (κ1) is 22.9. The Morgan fingerprint density at radius 3 is 2.55 bits per heavy atom. The van der Waals surface area contributed by atoms with E-state index in [-0.39, 0.29) is 29.7 Å². The molecule has 3 aromatic carbocycles. The second-order valence-electron chi connectivity index (χ2n) is 7.44. The normalized spacial score (nSPS) is 13.4. The van der Waals surface area contributed by atoms with Gasteiger partial charge in [0.1, 0.15) is 0 Å². The molecule has 1 heterocycles. The molecule has 0 fully saturated rings. The molecule has 4 rings (SSSR count). The van der Waals surface area contributed by atoms with Gasteiger partial charge in [0.2, 0.25) is 11.8 Å². The molecule has 1 aliphatic heterocycles. The van der Waals surface area contributed by atoms with E-state index in [1.54, 1.807) is 41.3 Å². The molecule has 0 bridgehead atoms. The Morgan fingerprint density at radius 1 is 1.03 bits per heavy atom. The summed E-state index contributed by atoms with van der Waals surface area (Å²) in [5.41, 5.74) is 1.73. The maximum absolute atomic E-state index is 13.0. The van der Waals surface area contributed by atoms with Gasteiger partial charge in [-0.15, -0.1) is 11.8 Å². The molecular formula is C24H23N3O4S2. The van der Waals surface area contributed by atoms with Gasteiger partial charge < -0.3 is 10.2 Å². The highest BCUT2D eigenvalue weighted by Gasteiger charge is 2.25. The minimum absolute atomic E-state index is 0.0384. The SMILES string of the molecule is CN(c1ccccc1)S(=O)(=O)c1cccc(NC(=O)CCN2C(=O)CSc3ccccc32)c1. The third kappa shape index (κ3) is 5.04. The highest BCUT2D eigenvalue weighted by molar-refractivity contribution is 8.00. The molecule has 0 radical (unpaired) electrons. The van der Waals surface area contributed by atoms with E-state index in [4.69, 9.17) is 0 Å². The summed E-state index contributed by atoms with van der Waals surface area (Å²) in [6.45, 7) is 0.247. The van der Waals surface area contributed by atoms with E-state index in [2.05, 4.69) is 5.32 Å². The molecule has 9 heteroatoms. The van der Waals surface area contributed by atoms with Crippen molar-refractivity contribution in [2.75, 3.05) is 33.9 Å². The van der Waals surface area contributed by atoms with Crippen molar-refractivity contribution in [1.29, 1.82) is 0 Å². The van der Waals surface area contributed by atoms with Crippen LogP contribution in [0.25, 0.3) is 0 Å². The summed E-state index contributed by atoms with van der Waals surface area (Å²) in [6, 6.07) is 22.5. The zero-order valence-corrected chi connectivity index (χ0v) is 19.6. The lowest BCUT2D eigenvalue weighted by molar-refractivity contribution is -0.117. The van der Waals surface area contributed by atoms with E-state index < -0.39 is 10.0 Å². The number of carbonyl (C=O) groups excluding carboxylic acids is 2. The summed E-state index contributed by atoms with van der Waals surface area (Å²) in [4.78, 5) is 27.7. The van der Waals surface area contributed by atoms with Gasteiger partial charge in [-0.3, -0.25) is 13.9 Å². The van der Waals surface area contributed by atoms with Crippen LogP contribution in [0.3, 0.4) is 0 Å². The fourth-order valence-electron chi connectivity index (χ4n) is 3.51. The number of fused-ring (bicyclic) bond motifs is 1. The summed E-state index contributed by atoms with van der Waals surface area (Å²) in [5, 5.41) is 2.75. The Hall–Kier alpha value is -3.30. The van der Waals surface area contributed by atoms with E-state index in [9.17, 15) is 18.0 Å². The van der Waals surface area contributed by atoms with E-state index in [0.29, 0.717) is 17.1 Å². The Balaban J connectivity index is 1.44. The van der Waals surface area contributed by atoms with Crippen LogP contribution in [0.5, 0.6) is 0 Å². The van der Waals surface area contributed by atoms with Crippen LogP contribution in [0.4, 0.5) is 17.1 Å². The standard InChI is InChI=1S/C24H23N3O4S2/c1-26(19-9-3-2-4-10-19)33(30,31)20-11-7-8-18(16-20)25-23(28)14-15-27-21-12-5-6-13-22(21)32-17-24(27)29/h2-13,16H,14-15,17H2,1H3,(H,25,28). The third-order valence-electron chi connectivity index (χ3n) is 5.27. The lowest BCUT2D eigenvalue weighted by Gasteiger charge is -2.28. The quantitative estimate of drug-likeness (QED) is 0.552. The zero-order chi connectivity index (χ0) is 23.4. The van der Waals surface area contributed by atoms with Gasteiger partial charge in [0, 0.05) is 30.6 Å². The predicted molar refractivity (Wildman–Crippen MR) is 131 cm³/mol. The van der Waals surface area contributed by atoms with Crippen LogP contribution in [0.15, 0.2) is 88.7 Å². The van der Waals surface area contributed by atoms with Gasteiger partial charge in [-0.1, -0.05) is 36.4 Å². The second-order valence-corrected chi connectivity index (χ2v) is 10.4.